The van der Waals surface area contributed by atoms with Crippen molar-refractivity contribution in [3.8, 4) is 0 Å². The van der Waals surface area contributed by atoms with Crippen molar-refractivity contribution in [2.24, 2.45) is 5.73 Å². The maximum absolute atomic E-state index is 12.1. The van der Waals surface area contributed by atoms with E-state index < -0.39 is 10.0 Å². The predicted molar refractivity (Wildman–Crippen MR) is 76.2 cm³/mol. The van der Waals surface area contributed by atoms with Gasteiger partial charge in [-0.1, -0.05) is 0 Å². The van der Waals surface area contributed by atoms with Gasteiger partial charge < -0.3 is 10.7 Å². The molecule has 8 heteroatoms. The number of halogens is 1. The Bertz CT molecular complexity index is 696. The highest BCUT2D eigenvalue weighted by Crippen LogP contribution is 2.19. The summed E-state index contributed by atoms with van der Waals surface area (Å²) in [6, 6.07) is 4.82. The van der Waals surface area contributed by atoms with Gasteiger partial charge in [0.05, 0.1) is 5.69 Å². The molecule has 2 aromatic rings. The summed E-state index contributed by atoms with van der Waals surface area (Å²) in [5.41, 5.74) is 6.79. The van der Waals surface area contributed by atoms with Crippen LogP contribution < -0.4 is 10.5 Å². The van der Waals surface area contributed by atoms with Gasteiger partial charge in [0.2, 0.25) is 0 Å². The van der Waals surface area contributed by atoms with Crippen molar-refractivity contribution in [2.75, 3.05) is 4.72 Å². The minimum Gasteiger partial charge on any atom is -0.363 e. The Morgan fingerprint density at radius 2 is 2.21 bits per heavy atom. The molecule has 0 aromatic carbocycles. The van der Waals surface area contributed by atoms with Crippen molar-refractivity contribution in [1.82, 2.24) is 9.97 Å². The number of anilines is 1. The van der Waals surface area contributed by atoms with Crippen LogP contribution in [0.2, 0.25) is 0 Å². The van der Waals surface area contributed by atoms with Crippen molar-refractivity contribution in [3.63, 3.8) is 0 Å². The van der Waals surface area contributed by atoms with E-state index >= 15 is 0 Å². The number of H-pyrrole nitrogens is 1. The molecule has 102 valence electrons. The second-order valence-corrected chi connectivity index (χ2v) is 6.47. The monoisotopic (exact) mass is 344 g/mol. The summed E-state index contributed by atoms with van der Waals surface area (Å²) >= 11 is 3.31. The van der Waals surface area contributed by atoms with Gasteiger partial charge in [0.25, 0.3) is 10.0 Å². The molecular weight excluding hydrogens is 332 g/mol. The van der Waals surface area contributed by atoms with E-state index in [4.69, 9.17) is 5.73 Å². The van der Waals surface area contributed by atoms with Crippen molar-refractivity contribution < 1.29 is 8.42 Å². The van der Waals surface area contributed by atoms with Gasteiger partial charge in [-0.3, -0.25) is 4.72 Å². The van der Waals surface area contributed by atoms with Crippen LogP contribution in [0.4, 0.5) is 5.82 Å². The number of aromatic amines is 1. The minimum atomic E-state index is -3.65. The smallest absolute Gasteiger partial charge is 0.264 e. The highest BCUT2D eigenvalue weighted by molar-refractivity contribution is 9.10. The molecule has 0 radical (unpaired) electrons. The van der Waals surface area contributed by atoms with E-state index in [0.29, 0.717) is 11.4 Å². The van der Waals surface area contributed by atoms with Crippen molar-refractivity contribution in [1.29, 1.82) is 0 Å². The molecule has 6 nitrogen and oxygen atoms in total. The molecule has 2 aromatic heterocycles. The Labute approximate surface area is 119 Å². The summed E-state index contributed by atoms with van der Waals surface area (Å²) in [5.74, 6) is 0.274. The zero-order chi connectivity index (χ0) is 14.0. The van der Waals surface area contributed by atoms with Crippen molar-refractivity contribution in [3.05, 3.63) is 40.3 Å². The van der Waals surface area contributed by atoms with E-state index in [9.17, 15) is 8.42 Å². The molecule has 0 unspecified atom stereocenters. The number of aromatic nitrogens is 2. The van der Waals surface area contributed by atoms with E-state index in [-0.39, 0.29) is 17.3 Å². The molecular formula is C11H13BrN4O2S. The molecule has 2 rings (SSSR count). The molecule has 4 N–H and O–H groups in total. The Balaban J connectivity index is 2.28. The second kappa shape index (κ2) is 5.32. The minimum absolute atomic E-state index is 0.135. The normalized spacial score (nSPS) is 11.5. The van der Waals surface area contributed by atoms with Crippen LogP contribution >= 0.6 is 15.9 Å². The van der Waals surface area contributed by atoms with Gasteiger partial charge in [-0.2, -0.15) is 0 Å². The van der Waals surface area contributed by atoms with Gasteiger partial charge in [0.1, 0.15) is 10.7 Å². The fraction of sp³-hybridized carbons (Fsp3) is 0.182. The zero-order valence-corrected chi connectivity index (χ0v) is 12.5. The van der Waals surface area contributed by atoms with Gasteiger partial charge in [0, 0.05) is 22.9 Å². The highest BCUT2D eigenvalue weighted by atomic mass is 79.9. The first-order valence-corrected chi connectivity index (χ1v) is 7.73. The van der Waals surface area contributed by atoms with Crippen LogP contribution in [0.1, 0.15) is 11.4 Å². The molecule has 19 heavy (non-hydrogen) atoms. The molecule has 0 spiro atoms. The summed E-state index contributed by atoms with van der Waals surface area (Å²) in [7, 11) is -3.65. The number of nitrogens with two attached hydrogens (primary N) is 1. The third kappa shape index (κ3) is 3.14. The quantitative estimate of drug-likeness (QED) is 0.786. The lowest BCUT2D eigenvalue weighted by atomic mass is 10.4. The molecule has 0 amide bonds. The topological polar surface area (TPSA) is 101 Å². The first kappa shape index (κ1) is 14.0. The number of hydrogen-bond acceptors (Lipinski definition) is 4. The standard InChI is InChI=1S/C11H13BrN4O2S/c1-7-10(12)2-3-11(15-7)16-19(17,18)9-4-8(5-13)14-6-9/h2-4,6,14H,5,13H2,1H3,(H,15,16). The van der Waals surface area contributed by atoms with E-state index in [1.54, 1.807) is 19.1 Å². The van der Waals surface area contributed by atoms with Crippen LogP contribution in [0.5, 0.6) is 0 Å². The summed E-state index contributed by atoms with van der Waals surface area (Å²) in [4.78, 5) is 7.07. The summed E-state index contributed by atoms with van der Waals surface area (Å²) in [6.45, 7) is 2.04. The lowest BCUT2D eigenvalue weighted by molar-refractivity contribution is 0.601. The lowest BCUT2D eigenvalue weighted by Gasteiger charge is -2.06. The maximum Gasteiger partial charge on any atom is 0.264 e. The van der Waals surface area contributed by atoms with Gasteiger partial charge >= 0.3 is 0 Å². The highest BCUT2D eigenvalue weighted by Gasteiger charge is 2.16. The molecule has 0 atom stereocenters. The molecule has 0 saturated carbocycles. The number of pyridine rings is 1. The number of nitrogens with zero attached hydrogens (tertiary/aromatic N) is 1. The lowest BCUT2D eigenvalue weighted by Crippen LogP contribution is -2.13. The number of sulfonamides is 1. The van der Waals surface area contributed by atoms with E-state index in [1.165, 1.54) is 12.3 Å². The Kier molecular flexibility index (Phi) is 3.93. The maximum atomic E-state index is 12.1. The van der Waals surface area contributed by atoms with Gasteiger partial charge in [-0.05, 0) is 41.1 Å². The van der Waals surface area contributed by atoms with Crippen molar-refractivity contribution >= 4 is 31.8 Å². The van der Waals surface area contributed by atoms with E-state index in [2.05, 4.69) is 30.6 Å². The summed E-state index contributed by atoms with van der Waals surface area (Å²) in [6.07, 6.45) is 1.40. The fourth-order valence-corrected chi connectivity index (χ4v) is 2.73. The largest absolute Gasteiger partial charge is 0.363 e. The van der Waals surface area contributed by atoms with Crippen LogP contribution in [-0.2, 0) is 16.6 Å². The first-order valence-electron chi connectivity index (χ1n) is 5.45. The van der Waals surface area contributed by atoms with Gasteiger partial charge in [-0.15, -0.1) is 0 Å². The number of aryl methyl sites for hydroxylation is 1. The Morgan fingerprint density at radius 1 is 1.47 bits per heavy atom. The third-order valence-electron chi connectivity index (χ3n) is 2.51. The van der Waals surface area contributed by atoms with Crippen LogP contribution in [0, 0.1) is 6.92 Å². The molecule has 0 aliphatic carbocycles. The zero-order valence-electron chi connectivity index (χ0n) is 10.1. The van der Waals surface area contributed by atoms with Crippen molar-refractivity contribution in [2.45, 2.75) is 18.4 Å². The molecule has 2 heterocycles. The van der Waals surface area contributed by atoms with E-state index in [0.717, 1.165) is 4.47 Å². The van der Waals surface area contributed by atoms with Gasteiger partial charge in [-0.25, -0.2) is 13.4 Å². The molecule has 0 bridgehead atoms. The van der Waals surface area contributed by atoms with Crippen LogP contribution in [0.25, 0.3) is 0 Å². The molecule has 0 fully saturated rings. The SMILES string of the molecule is Cc1nc(NS(=O)(=O)c2c[nH]c(CN)c2)ccc1Br. The Hall–Kier alpha value is -1.38. The third-order valence-corrected chi connectivity index (χ3v) is 4.68. The molecule has 0 aliphatic rings. The molecule has 0 aliphatic heterocycles. The Morgan fingerprint density at radius 3 is 2.79 bits per heavy atom. The van der Waals surface area contributed by atoms with Crippen LogP contribution in [-0.4, -0.2) is 18.4 Å². The summed E-state index contributed by atoms with van der Waals surface area (Å²) < 4.78 is 27.4. The number of nitrogens with one attached hydrogen (secondary N) is 2. The average Bonchev–Trinajstić information content (AvgIpc) is 2.83. The van der Waals surface area contributed by atoms with E-state index in [1.807, 2.05) is 0 Å². The molecule has 0 saturated heterocycles. The second-order valence-electron chi connectivity index (χ2n) is 3.93. The first-order chi connectivity index (χ1) is 8.92. The van der Waals surface area contributed by atoms with Crippen LogP contribution in [0.15, 0.2) is 33.8 Å². The predicted octanol–water partition coefficient (Wildman–Crippen LogP) is 1.74. The fourth-order valence-electron chi connectivity index (χ4n) is 1.49. The van der Waals surface area contributed by atoms with Gasteiger partial charge in [0.15, 0.2) is 0 Å². The number of hydrogen-bond donors (Lipinski definition) is 3. The van der Waals surface area contributed by atoms with Crippen LogP contribution in [0.3, 0.4) is 0 Å². The average molecular weight is 345 g/mol. The summed E-state index contributed by atoms with van der Waals surface area (Å²) in [5, 5.41) is 0. The number of rotatable bonds is 4.